The zero-order valence-corrected chi connectivity index (χ0v) is 13.4. The van der Waals surface area contributed by atoms with Crippen molar-refractivity contribution in [1.29, 1.82) is 0 Å². The zero-order chi connectivity index (χ0) is 18.1. The van der Waals surface area contributed by atoms with Crippen molar-refractivity contribution in [2.45, 2.75) is 12.8 Å². The van der Waals surface area contributed by atoms with Crippen LogP contribution in [-0.2, 0) is 4.57 Å². The summed E-state index contributed by atoms with van der Waals surface area (Å²) in [5.41, 5.74) is -0.306. The topological polar surface area (TPSA) is 147 Å². The first-order chi connectivity index (χ1) is 11.1. The molecular weight excluding hydrogens is 337 g/mol. The van der Waals surface area contributed by atoms with Crippen LogP contribution in [0.3, 0.4) is 0 Å². The molecule has 6 N–H and O–H groups in total. The van der Waals surface area contributed by atoms with Gasteiger partial charge in [0.05, 0.1) is 11.3 Å². The molecule has 0 saturated carbocycles. The molecule has 24 heavy (non-hydrogen) atoms. The van der Waals surface area contributed by atoms with Gasteiger partial charge >= 0.3 is 7.75 Å². The van der Waals surface area contributed by atoms with E-state index in [0.29, 0.717) is 5.56 Å². The molecule has 0 heterocycles. The van der Waals surface area contributed by atoms with Crippen molar-refractivity contribution < 1.29 is 34.5 Å². The standard InChI is InChI=1S/C15H16NO7P/c1-8(9-3-2-4-10(17)5-9)15(20)14-12(16-24(21,22)23)6-11(18)7-13(14)19/h2-8,17-19H,1H3,(H3,16,21,22,23). The summed E-state index contributed by atoms with van der Waals surface area (Å²) >= 11 is 0. The number of phenolic OH excluding ortho intramolecular Hbond substituents is 3. The molecule has 0 radical (unpaired) electrons. The number of anilines is 1. The van der Waals surface area contributed by atoms with Gasteiger partial charge in [-0.25, -0.2) is 4.57 Å². The van der Waals surface area contributed by atoms with Crippen LogP contribution in [0.25, 0.3) is 0 Å². The van der Waals surface area contributed by atoms with Crippen molar-refractivity contribution in [3.05, 3.63) is 47.5 Å². The molecule has 0 aliphatic heterocycles. The molecule has 0 fully saturated rings. The Morgan fingerprint density at radius 1 is 1.08 bits per heavy atom. The van der Waals surface area contributed by atoms with Crippen LogP contribution in [0.2, 0.25) is 0 Å². The van der Waals surface area contributed by atoms with Gasteiger partial charge in [0.15, 0.2) is 5.78 Å². The van der Waals surface area contributed by atoms with E-state index in [1.54, 1.807) is 17.2 Å². The lowest BCUT2D eigenvalue weighted by Gasteiger charge is -2.17. The number of rotatable bonds is 5. The minimum absolute atomic E-state index is 0.0457. The van der Waals surface area contributed by atoms with Gasteiger partial charge in [-0.3, -0.25) is 9.88 Å². The van der Waals surface area contributed by atoms with Crippen molar-refractivity contribution in [3.63, 3.8) is 0 Å². The van der Waals surface area contributed by atoms with E-state index >= 15 is 0 Å². The van der Waals surface area contributed by atoms with E-state index in [9.17, 15) is 24.7 Å². The Bertz CT molecular complexity index is 831. The third-order valence-electron chi connectivity index (χ3n) is 3.38. The molecule has 2 rings (SSSR count). The number of ketones is 1. The molecule has 1 unspecified atom stereocenters. The third kappa shape index (κ3) is 4.05. The molecule has 0 aliphatic rings. The highest BCUT2D eigenvalue weighted by molar-refractivity contribution is 7.53. The van der Waals surface area contributed by atoms with Gasteiger partial charge in [0.1, 0.15) is 17.2 Å². The molecule has 128 valence electrons. The Kier molecular flexibility index (Phi) is 4.84. The average Bonchev–Trinajstić information content (AvgIpc) is 2.43. The lowest BCUT2D eigenvalue weighted by Crippen LogP contribution is -2.12. The fourth-order valence-electron chi connectivity index (χ4n) is 2.28. The molecule has 0 aliphatic carbocycles. The minimum Gasteiger partial charge on any atom is -0.508 e. The number of hydrogen-bond donors (Lipinski definition) is 6. The summed E-state index contributed by atoms with van der Waals surface area (Å²) < 4.78 is 11.2. The zero-order valence-electron chi connectivity index (χ0n) is 12.5. The van der Waals surface area contributed by atoms with E-state index in [-0.39, 0.29) is 11.3 Å². The number of benzene rings is 2. The SMILES string of the molecule is CC(C(=O)c1c(O)cc(O)cc1NP(=O)(O)O)c1cccc(O)c1. The Balaban J connectivity index is 2.50. The molecule has 9 heteroatoms. The smallest absolute Gasteiger partial charge is 0.427 e. The van der Waals surface area contributed by atoms with Crippen LogP contribution in [0.4, 0.5) is 5.69 Å². The molecule has 0 bridgehead atoms. The van der Waals surface area contributed by atoms with Gasteiger partial charge in [-0.05, 0) is 17.7 Å². The third-order valence-corrected chi connectivity index (χ3v) is 3.91. The normalized spacial score (nSPS) is 12.6. The van der Waals surface area contributed by atoms with Gasteiger partial charge in [0, 0.05) is 18.1 Å². The summed E-state index contributed by atoms with van der Waals surface area (Å²) in [7, 11) is -4.77. The fraction of sp³-hybridized carbons (Fsp3) is 0.133. The quantitative estimate of drug-likeness (QED) is 0.354. The van der Waals surface area contributed by atoms with Crippen LogP contribution >= 0.6 is 7.75 Å². The van der Waals surface area contributed by atoms with Crippen molar-refractivity contribution >= 4 is 19.2 Å². The lowest BCUT2D eigenvalue weighted by molar-refractivity contribution is 0.0964. The van der Waals surface area contributed by atoms with Crippen LogP contribution in [0.15, 0.2) is 36.4 Å². The summed E-state index contributed by atoms with van der Waals surface area (Å²) in [5, 5.41) is 30.8. The number of hydrogen-bond acceptors (Lipinski definition) is 5. The van der Waals surface area contributed by atoms with Crippen LogP contribution in [0.1, 0.15) is 28.8 Å². The molecular formula is C15H16NO7P. The van der Waals surface area contributed by atoms with Gasteiger partial charge in [0.25, 0.3) is 0 Å². The van der Waals surface area contributed by atoms with Crippen LogP contribution in [0.5, 0.6) is 17.2 Å². The largest absolute Gasteiger partial charge is 0.508 e. The molecule has 8 nitrogen and oxygen atoms in total. The average molecular weight is 353 g/mol. The Hall–Kier alpha value is -2.54. The Labute approximate surface area is 137 Å². The van der Waals surface area contributed by atoms with E-state index in [0.717, 1.165) is 12.1 Å². The lowest BCUT2D eigenvalue weighted by atomic mass is 9.91. The molecule has 0 spiro atoms. The Morgan fingerprint density at radius 3 is 2.33 bits per heavy atom. The molecule has 2 aromatic carbocycles. The second-order valence-corrected chi connectivity index (χ2v) is 6.54. The number of aromatic hydroxyl groups is 3. The maximum atomic E-state index is 12.7. The molecule has 1 atom stereocenters. The first kappa shape index (κ1) is 17.8. The van der Waals surface area contributed by atoms with Gasteiger partial charge in [-0.1, -0.05) is 19.1 Å². The summed E-state index contributed by atoms with van der Waals surface area (Å²) in [6.45, 7) is 1.52. The van der Waals surface area contributed by atoms with E-state index in [4.69, 9.17) is 9.79 Å². The van der Waals surface area contributed by atoms with E-state index in [2.05, 4.69) is 0 Å². The van der Waals surface area contributed by atoms with Crippen LogP contribution in [0, 0.1) is 0 Å². The second kappa shape index (κ2) is 6.52. The first-order valence-corrected chi connectivity index (χ1v) is 8.42. The van der Waals surface area contributed by atoms with E-state index < -0.39 is 36.6 Å². The highest BCUT2D eigenvalue weighted by Gasteiger charge is 2.27. The maximum Gasteiger partial charge on any atom is 0.427 e. The van der Waals surface area contributed by atoms with Crippen molar-refractivity contribution in [3.8, 4) is 17.2 Å². The molecule has 0 aromatic heterocycles. The number of nitrogens with one attached hydrogen (secondary N) is 1. The second-order valence-electron chi connectivity index (χ2n) is 5.22. The van der Waals surface area contributed by atoms with Gasteiger partial charge in [-0.2, -0.15) is 0 Å². The molecule has 0 saturated heterocycles. The molecule has 2 aromatic rings. The Morgan fingerprint density at radius 2 is 1.75 bits per heavy atom. The maximum absolute atomic E-state index is 12.7. The summed E-state index contributed by atoms with van der Waals surface area (Å²) in [6, 6.07) is 7.76. The summed E-state index contributed by atoms with van der Waals surface area (Å²) in [4.78, 5) is 30.8. The number of carbonyl (C=O) groups excluding carboxylic acids is 1. The van der Waals surface area contributed by atoms with Crippen molar-refractivity contribution in [2.75, 3.05) is 5.09 Å². The highest BCUT2D eigenvalue weighted by atomic mass is 31.2. The van der Waals surface area contributed by atoms with Gasteiger partial charge in [0.2, 0.25) is 0 Å². The van der Waals surface area contributed by atoms with Crippen molar-refractivity contribution in [2.24, 2.45) is 0 Å². The first-order valence-electron chi connectivity index (χ1n) is 6.81. The molecule has 0 amide bonds. The fourth-order valence-corrected chi connectivity index (χ4v) is 2.77. The number of carbonyl (C=O) groups is 1. The van der Waals surface area contributed by atoms with E-state index in [1.165, 1.54) is 19.1 Å². The predicted molar refractivity (Wildman–Crippen MR) is 86.3 cm³/mol. The predicted octanol–water partition coefficient (Wildman–Crippen LogP) is 2.29. The minimum atomic E-state index is -4.77. The van der Waals surface area contributed by atoms with E-state index in [1.807, 2.05) is 0 Å². The van der Waals surface area contributed by atoms with Crippen LogP contribution in [-0.4, -0.2) is 30.9 Å². The van der Waals surface area contributed by atoms with Gasteiger partial charge in [-0.15, -0.1) is 0 Å². The monoisotopic (exact) mass is 353 g/mol. The number of Topliss-reactive ketones (excluding diaryl/α,β-unsaturated/α-hetero) is 1. The van der Waals surface area contributed by atoms with Gasteiger partial charge < -0.3 is 25.1 Å². The highest BCUT2D eigenvalue weighted by Crippen LogP contribution is 2.42. The summed E-state index contributed by atoms with van der Waals surface area (Å²) in [5.74, 6) is -2.59. The number of phenols is 3. The van der Waals surface area contributed by atoms with Crippen LogP contribution < -0.4 is 5.09 Å². The van der Waals surface area contributed by atoms with Crippen molar-refractivity contribution in [1.82, 2.24) is 0 Å². The summed E-state index contributed by atoms with van der Waals surface area (Å²) in [6.07, 6.45) is 0.